The van der Waals surface area contributed by atoms with Crippen LogP contribution >= 0.6 is 0 Å². The molecule has 4 N–H and O–H groups in total. The highest BCUT2D eigenvalue weighted by molar-refractivity contribution is 6.06. The lowest BCUT2D eigenvalue weighted by Crippen LogP contribution is -2.17. The van der Waals surface area contributed by atoms with Crippen molar-refractivity contribution in [1.29, 1.82) is 0 Å². The minimum Gasteiger partial charge on any atom is -0.366 e. The fourth-order valence-electron chi connectivity index (χ4n) is 5.07. The number of aromatic nitrogens is 4. The van der Waals surface area contributed by atoms with Crippen molar-refractivity contribution in [1.82, 2.24) is 24.5 Å². The van der Waals surface area contributed by atoms with Gasteiger partial charge in [-0.1, -0.05) is 36.4 Å². The number of anilines is 1. The number of halogens is 1. The van der Waals surface area contributed by atoms with E-state index >= 15 is 0 Å². The van der Waals surface area contributed by atoms with E-state index in [1.165, 1.54) is 0 Å². The number of fused-ring (bicyclic) bond motifs is 2. The number of nitrogens with one attached hydrogen (secondary N) is 2. The minimum atomic E-state index is -0.991. The Hall–Kier alpha value is -4.24. The Morgan fingerprint density at radius 1 is 1.11 bits per heavy atom. The molecule has 8 nitrogen and oxygen atoms in total. The molecule has 2 aromatic carbocycles. The van der Waals surface area contributed by atoms with Crippen LogP contribution in [0.3, 0.4) is 0 Å². The molecule has 4 heterocycles. The SMILES string of the molecule is Cc1cc2c(C(N)=O)cccc2n1-c1nc(NCc2ccccc2)c2ccc(C3CNCC3F)n2n1. The van der Waals surface area contributed by atoms with E-state index in [4.69, 9.17) is 15.8 Å². The van der Waals surface area contributed by atoms with E-state index in [0.29, 0.717) is 37.0 Å². The second-order valence-electron chi connectivity index (χ2n) is 9.16. The van der Waals surface area contributed by atoms with Crippen LogP contribution in [0, 0.1) is 6.92 Å². The maximum absolute atomic E-state index is 14.7. The van der Waals surface area contributed by atoms with E-state index in [2.05, 4.69) is 10.6 Å². The van der Waals surface area contributed by atoms with Gasteiger partial charge in [-0.15, -0.1) is 5.10 Å². The Labute approximate surface area is 206 Å². The number of nitrogens with zero attached hydrogens (tertiary/aromatic N) is 4. The fourth-order valence-corrected chi connectivity index (χ4v) is 5.07. The topological polar surface area (TPSA) is 102 Å². The predicted molar refractivity (Wildman–Crippen MR) is 137 cm³/mol. The summed E-state index contributed by atoms with van der Waals surface area (Å²) in [6.07, 6.45) is -0.991. The number of benzene rings is 2. The van der Waals surface area contributed by atoms with E-state index in [0.717, 1.165) is 33.4 Å². The van der Waals surface area contributed by atoms with Crippen LogP contribution < -0.4 is 16.4 Å². The van der Waals surface area contributed by atoms with Gasteiger partial charge >= 0.3 is 0 Å². The van der Waals surface area contributed by atoms with Crippen LogP contribution in [0.1, 0.15) is 33.2 Å². The fraction of sp³-hybridized carbons (Fsp3) is 0.222. The first-order chi connectivity index (χ1) is 17.5. The number of carbonyl (C=O) groups excluding carboxylic acids is 1. The standard InChI is InChI=1S/C27H26FN7O/c1-16-12-19-18(25(29)36)8-5-9-22(19)34(16)27-32-26(31-13-17-6-3-2-4-7-17)24-11-10-23(35(24)33-27)20-14-30-15-21(20)28/h2-12,20-21,30H,13-15H2,1H3,(H2,29,36)(H,31,32,33). The first-order valence-electron chi connectivity index (χ1n) is 11.9. The van der Waals surface area contributed by atoms with E-state index in [-0.39, 0.29) is 5.92 Å². The van der Waals surface area contributed by atoms with Crippen molar-refractivity contribution >= 4 is 28.1 Å². The molecule has 0 radical (unpaired) electrons. The summed E-state index contributed by atoms with van der Waals surface area (Å²) in [4.78, 5) is 16.9. The molecule has 5 aromatic rings. The van der Waals surface area contributed by atoms with E-state index in [9.17, 15) is 9.18 Å². The highest BCUT2D eigenvalue weighted by atomic mass is 19.1. The van der Waals surface area contributed by atoms with Gasteiger partial charge in [0.15, 0.2) is 5.82 Å². The summed E-state index contributed by atoms with van der Waals surface area (Å²) >= 11 is 0. The molecule has 36 heavy (non-hydrogen) atoms. The summed E-state index contributed by atoms with van der Waals surface area (Å²) in [5.41, 5.74) is 10.4. The Morgan fingerprint density at radius 2 is 1.94 bits per heavy atom. The third kappa shape index (κ3) is 3.68. The largest absolute Gasteiger partial charge is 0.366 e. The van der Waals surface area contributed by atoms with Gasteiger partial charge in [0, 0.05) is 42.2 Å². The Kier molecular flexibility index (Phi) is 5.41. The molecule has 3 aromatic heterocycles. The Balaban J connectivity index is 1.54. The summed E-state index contributed by atoms with van der Waals surface area (Å²) in [5, 5.41) is 12.2. The molecule has 182 valence electrons. The third-order valence-electron chi connectivity index (χ3n) is 6.85. The predicted octanol–water partition coefficient (Wildman–Crippen LogP) is 3.72. The van der Waals surface area contributed by atoms with Crippen molar-refractivity contribution in [2.75, 3.05) is 18.4 Å². The number of primary amides is 1. The number of alkyl halides is 1. The average molecular weight is 484 g/mol. The van der Waals surface area contributed by atoms with Gasteiger partial charge in [-0.2, -0.15) is 4.98 Å². The smallest absolute Gasteiger partial charge is 0.254 e. The zero-order chi connectivity index (χ0) is 24.8. The van der Waals surface area contributed by atoms with Gasteiger partial charge in [-0.05, 0) is 42.8 Å². The van der Waals surface area contributed by atoms with Gasteiger partial charge in [0.05, 0.1) is 11.2 Å². The number of carbonyl (C=O) groups is 1. The lowest BCUT2D eigenvalue weighted by molar-refractivity contribution is 0.100. The third-order valence-corrected chi connectivity index (χ3v) is 6.85. The Morgan fingerprint density at radius 3 is 2.69 bits per heavy atom. The van der Waals surface area contributed by atoms with Crippen molar-refractivity contribution in [2.24, 2.45) is 5.73 Å². The van der Waals surface area contributed by atoms with Crippen LogP contribution in [0.2, 0.25) is 0 Å². The number of hydrogen-bond acceptors (Lipinski definition) is 5. The molecule has 6 rings (SSSR count). The maximum Gasteiger partial charge on any atom is 0.254 e. The monoisotopic (exact) mass is 483 g/mol. The second-order valence-corrected chi connectivity index (χ2v) is 9.16. The summed E-state index contributed by atoms with van der Waals surface area (Å²) in [5.74, 6) is 0.269. The van der Waals surface area contributed by atoms with Crippen molar-refractivity contribution in [3.8, 4) is 5.95 Å². The van der Waals surface area contributed by atoms with Gasteiger partial charge in [0.25, 0.3) is 5.95 Å². The molecule has 1 saturated heterocycles. The Bertz CT molecular complexity index is 1590. The van der Waals surface area contributed by atoms with Crippen LogP contribution in [0.4, 0.5) is 10.2 Å². The summed E-state index contributed by atoms with van der Waals surface area (Å²) in [6, 6.07) is 21.2. The van der Waals surface area contributed by atoms with Gasteiger partial charge in [-0.25, -0.2) is 8.91 Å². The molecule has 1 aliphatic rings. The van der Waals surface area contributed by atoms with Crippen LogP contribution in [0.25, 0.3) is 22.4 Å². The van der Waals surface area contributed by atoms with Crippen molar-refractivity contribution in [3.05, 3.63) is 89.2 Å². The number of hydrogen-bond donors (Lipinski definition) is 3. The first kappa shape index (κ1) is 22.2. The van der Waals surface area contributed by atoms with Gasteiger partial charge < -0.3 is 16.4 Å². The summed E-state index contributed by atoms with van der Waals surface area (Å²) in [6.45, 7) is 3.38. The molecule has 1 aliphatic heterocycles. The molecule has 2 atom stereocenters. The molecule has 1 fully saturated rings. The van der Waals surface area contributed by atoms with Crippen LogP contribution in [0.5, 0.6) is 0 Å². The van der Waals surface area contributed by atoms with Crippen LogP contribution in [-0.4, -0.2) is 44.3 Å². The summed E-state index contributed by atoms with van der Waals surface area (Å²) in [7, 11) is 0. The number of nitrogens with two attached hydrogens (primary N) is 1. The lowest BCUT2D eigenvalue weighted by Gasteiger charge is -2.16. The molecule has 2 unspecified atom stereocenters. The lowest BCUT2D eigenvalue weighted by atomic mass is 10.0. The van der Waals surface area contributed by atoms with Crippen molar-refractivity contribution in [3.63, 3.8) is 0 Å². The van der Waals surface area contributed by atoms with Gasteiger partial charge in [0.2, 0.25) is 5.91 Å². The molecule has 9 heteroatoms. The maximum atomic E-state index is 14.7. The number of amides is 1. The molecule has 0 spiro atoms. The highest BCUT2D eigenvalue weighted by Crippen LogP contribution is 2.31. The van der Waals surface area contributed by atoms with E-state index < -0.39 is 12.1 Å². The van der Waals surface area contributed by atoms with Crippen molar-refractivity contribution in [2.45, 2.75) is 25.6 Å². The zero-order valence-corrected chi connectivity index (χ0v) is 19.8. The van der Waals surface area contributed by atoms with Crippen LogP contribution in [0.15, 0.2) is 66.7 Å². The second kappa shape index (κ2) is 8.76. The first-order valence-corrected chi connectivity index (χ1v) is 11.9. The average Bonchev–Trinajstić information content (AvgIpc) is 3.58. The minimum absolute atomic E-state index is 0.304. The molecule has 0 aliphatic carbocycles. The number of aryl methyl sites for hydroxylation is 1. The quantitative estimate of drug-likeness (QED) is 0.342. The van der Waals surface area contributed by atoms with Crippen molar-refractivity contribution < 1.29 is 9.18 Å². The van der Waals surface area contributed by atoms with Gasteiger partial charge in [0.1, 0.15) is 11.7 Å². The zero-order valence-electron chi connectivity index (χ0n) is 19.8. The highest BCUT2D eigenvalue weighted by Gasteiger charge is 2.31. The molecule has 0 saturated carbocycles. The van der Waals surface area contributed by atoms with Gasteiger partial charge in [-0.3, -0.25) is 9.36 Å². The molecule has 0 bridgehead atoms. The molecule has 1 amide bonds. The normalized spacial score (nSPS) is 17.7. The molecular formula is C27H26FN7O. The summed E-state index contributed by atoms with van der Waals surface area (Å²) < 4.78 is 18.4. The van der Waals surface area contributed by atoms with Crippen LogP contribution in [-0.2, 0) is 6.54 Å². The van der Waals surface area contributed by atoms with E-state index in [1.54, 1.807) is 16.6 Å². The van der Waals surface area contributed by atoms with E-state index in [1.807, 2.05) is 66.1 Å². The number of rotatable bonds is 6. The molecular weight excluding hydrogens is 457 g/mol.